The summed E-state index contributed by atoms with van der Waals surface area (Å²) in [6, 6.07) is 10.0. The Balaban J connectivity index is 1.51. The number of esters is 2. The molecule has 5 rings (SSSR count). The Morgan fingerprint density at radius 3 is 1.43 bits per heavy atom. The highest BCUT2D eigenvalue weighted by Crippen LogP contribution is 2.39. The van der Waals surface area contributed by atoms with Gasteiger partial charge >= 0.3 is 11.9 Å². The molecule has 220 valence electrons. The first kappa shape index (κ1) is 29.3. The first-order chi connectivity index (χ1) is 20.2. The van der Waals surface area contributed by atoms with Crippen molar-refractivity contribution in [1.29, 1.82) is 0 Å². The van der Waals surface area contributed by atoms with Gasteiger partial charge in [0.2, 0.25) is 0 Å². The van der Waals surface area contributed by atoms with Gasteiger partial charge in [0.25, 0.3) is 0 Å². The second-order valence-corrected chi connectivity index (χ2v) is 11.6. The molecule has 0 amide bonds. The minimum atomic E-state index is -0.440. The first-order valence-electron chi connectivity index (χ1n) is 14.8. The summed E-state index contributed by atoms with van der Waals surface area (Å²) in [7, 11) is 0. The predicted molar refractivity (Wildman–Crippen MR) is 161 cm³/mol. The summed E-state index contributed by atoms with van der Waals surface area (Å²) in [4.78, 5) is 52.7. The molecule has 0 radical (unpaired) electrons. The maximum Gasteiger partial charge on any atom is 0.333 e. The Morgan fingerprint density at radius 1 is 0.667 bits per heavy atom. The van der Waals surface area contributed by atoms with Crippen molar-refractivity contribution in [2.75, 3.05) is 10.6 Å². The molecule has 3 aliphatic rings. The van der Waals surface area contributed by atoms with Gasteiger partial charge in [-0.3, -0.25) is 9.59 Å². The van der Waals surface area contributed by atoms with Gasteiger partial charge in [0.05, 0.1) is 23.2 Å². The van der Waals surface area contributed by atoms with Crippen LogP contribution in [0.4, 0.5) is 11.4 Å². The summed E-state index contributed by atoms with van der Waals surface area (Å²) in [5.41, 5.74) is 3.03. The predicted octanol–water partition coefficient (Wildman–Crippen LogP) is 6.15. The minimum Gasteiger partial charge on any atom is -0.457 e. The van der Waals surface area contributed by atoms with Gasteiger partial charge in [-0.2, -0.15) is 0 Å². The molecular weight excluding hydrogens is 532 g/mol. The quantitative estimate of drug-likeness (QED) is 0.245. The number of hydrogen-bond acceptors (Lipinski definition) is 8. The fourth-order valence-corrected chi connectivity index (χ4v) is 6.15. The van der Waals surface area contributed by atoms with Crippen molar-refractivity contribution in [1.82, 2.24) is 0 Å². The minimum absolute atomic E-state index is 0.227. The average Bonchev–Trinajstić information content (AvgIpc) is 2.98. The summed E-state index contributed by atoms with van der Waals surface area (Å²) >= 11 is 0. The molecule has 2 saturated carbocycles. The number of ketones is 2. The van der Waals surface area contributed by atoms with Crippen LogP contribution in [0.3, 0.4) is 0 Å². The molecular formula is C34H38N2O6. The van der Waals surface area contributed by atoms with E-state index < -0.39 is 11.9 Å². The van der Waals surface area contributed by atoms with Gasteiger partial charge in [0.1, 0.15) is 12.2 Å². The van der Waals surface area contributed by atoms with Crippen molar-refractivity contribution in [3.05, 3.63) is 83.0 Å². The number of anilines is 2. The van der Waals surface area contributed by atoms with Crippen LogP contribution in [0, 0.1) is 0 Å². The van der Waals surface area contributed by atoms with Crippen LogP contribution in [0.1, 0.15) is 97.1 Å². The second kappa shape index (κ2) is 12.3. The van der Waals surface area contributed by atoms with Gasteiger partial charge in [-0.25, -0.2) is 9.59 Å². The fraction of sp³-hybridized carbons (Fsp3) is 0.412. The van der Waals surface area contributed by atoms with E-state index in [0.29, 0.717) is 57.6 Å². The molecule has 8 nitrogen and oxygen atoms in total. The molecule has 3 aliphatic carbocycles. The van der Waals surface area contributed by atoms with E-state index in [1.807, 2.05) is 12.1 Å². The molecule has 0 heterocycles. The van der Waals surface area contributed by atoms with Gasteiger partial charge in [0, 0.05) is 33.6 Å². The first-order valence-corrected chi connectivity index (χ1v) is 14.8. The third-order valence-corrected chi connectivity index (χ3v) is 8.38. The Labute approximate surface area is 246 Å². The molecule has 2 fully saturated rings. The van der Waals surface area contributed by atoms with E-state index in [-0.39, 0.29) is 35.9 Å². The molecule has 0 aliphatic heterocycles. The van der Waals surface area contributed by atoms with E-state index in [2.05, 4.69) is 23.8 Å². The normalized spacial score (nSPS) is 23.2. The number of carbonyl (C=O) groups is 4. The smallest absolute Gasteiger partial charge is 0.333 e. The number of nitrogens with one attached hydrogen (secondary N) is 2. The molecule has 42 heavy (non-hydrogen) atoms. The van der Waals surface area contributed by atoms with E-state index in [1.165, 1.54) is 0 Å². The summed E-state index contributed by atoms with van der Waals surface area (Å²) in [6.07, 6.45) is 5.87. The van der Waals surface area contributed by atoms with Crippen molar-refractivity contribution < 1.29 is 28.7 Å². The lowest BCUT2D eigenvalue weighted by Crippen LogP contribution is -2.41. The molecule has 2 aromatic rings. The summed E-state index contributed by atoms with van der Waals surface area (Å²) in [5.74, 6) is -1.37. The van der Waals surface area contributed by atoms with Crippen LogP contribution in [0.2, 0.25) is 0 Å². The molecule has 0 spiro atoms. The number of fused-ring (bicyclic) bond motifs is 2. The van der Waals surface area contributed by atoms with E-state index in [1.54, 1.807) is 38.1 Å². The van der Waals surface area contributed by atoms with E-state index in [4.69, 9.17) is 9.47 Å². The lowest BCUT2D eigenvalue weighted by atomic mass is 9.81. The SMILES string of the molecule is C=C(C)C(=O)OC1CCCCC1Nc1ccc(NC2CCCCC2OC(=O)C(=C)C)c2c1C(=O)c1ccccc1C2=O. The molecule has 8 heteroatoms. The van der Waals surface area contributed by atoms with Crippen LogP contribution >= 0.6 is 0 Å². The highest BCUT2D eigenvalue weighted by molar-refractivity contribution is 6.32. The zero-order chi connectivity index (χ0) is 30.0. The zero-order valence-electron chi connectivity index (χ0n) is 24.3. The zero-order valence-corrected chi connectivity index (χ0v) is 24.3. The number of hydrogen-bond donors (Lipinski definition) is 2. The van der Waals surface area contributed by atoms with E-state index in [0.717, 1.165) is 38.5 Å². The Morgan fingerprint density at radius 2 is 1.05 bits per heavy atom. The highest BCUT2D eigenvalue weighted by Gasteiger charge is 2.37. The molecule has 0 bridgehead atoms. The Kier molecular flexibility index (Phi) is 8.61. The fourth-order valence-electron chi connectivity index (χ4n) is 6.15. The monoisotopic (exact) mass is 570 g/mol. The third kappa shape index (κ3) is 5.89. The van der Waals surface area contributed by atoms with Gasteiger partial charge < -0.3 is 20.1 Å². The molecule has 2 N–H and O–H groups in total. The van der Waals surface area contributed by atoms with Crippen LogP contribution in [0.25, 0.3) is 0 Å². The van der Waals surface area contributed by atoms with Crippen molar-refractivity contribution in [3.63, 3.8) is 0 Å². The summed E-state index contributed by atoms with van der Waals surface area (Å²) in [5, 5.41) is 6.95. The highest BCUT2D eigenvalue weighted by atomic mass is 16.5. The van der Waals surface area contributed by atoms with Crippen molar-refractivity contribution in [3.8, 4) is 0 Å². The van der Waals surface area contributed by atoms with Crippen LogP contribution < -0.4 is 10.6 Å². The lowest BCUT2D eigenvalue weighted by Gasteiger charge is -2.35. The molecule has 0 aromatic heterocycles. The lowest BCUT2D eigenvalue weighted by molar-refractivity contribution is -0.147. The number of ether oxygens (including phenoxy) is 2. The van der Waals surface area contributed by atoms with Gasteiger partial charge in [-0.05, 0) is 64.5 Å². The van der Waals surface area contributed by atoms with Crippen LogP contribution in [-0.4, -0.2) is 47.8 Å². The molecule has 0 saturated heterocycles. The maximum absolute atomic E-state index is 14.0. The van der Waals surface area contributed by atoms with E-state index >= 15 is 0 Å². The molecule has 4 unspecified atom stereocenters. The average molecular weight is 571 g/mol. The van der Waals surface area contributed by atoms with Gasteiger partial charge in [-0.1, -0.05) is 50.3 Å². The van der Waals surface area contributed by atoms with E-state index in [9.17, 15) is 19.2 Å². The second-order valence-electron chi connectivity index (χ2n) is 11.6. The summed E-state index contributed by atoms with van der Waals surface area (Å²) < 4.78 is 11.5. The van der Waals surface area contributed by atoms with Crippen LogP contribution in [0.15, 0.2) is 60.7 Å². The number of benzene rings is 2. The third-order valence-electron chi connectivity index (χ3n) is 8.38. The standard InChI is InChI=1S/C34H38N2O6/c1-19(2)33(39)41-27-15-9-7-13-23(27)35-25-17-18-26(36-24-14-8-10-16-28(24)42-34(40)20(3)4)30-29(25)31(37)21-11-5-6-12-22(21)32(30)38/h5-6,11-12,17-18,23-24,27-28,35-36H,1,3,7-10,13-16H2,2,4H3. The molecule has 4 atom stereocenters. The van der Waals surface area contributed by atoms with Crippen molar-refractivity contribution in [2.45, 2.75) is 89.5 Å². The number of carbonyl (C=O) groups excluding carboxylic acids is 4. The van der Waals surface area contributed by atoms with Crippen molar-refractivity contribution >= 4 is 34.9 Å². The maximum atomic E-state index is 14.0. The largest absolute Gasteiger partial charge is 0.457 e. The van der Waals surface area contributed by atoms with Crippen LogP contribution in [-0.2, 0) is 19.1 Å². The summed E-state index contributed by atoms with van der Waals surface area (Å²) in [6.45, 7) is 10.6. The van der Waals surface area contributed by atoms with Gasteiger partial charge in [0.15, 0.2) is 11.6 Å². The Hall–Kier alpha value is -4.20. The van der Waals surface area contributed by atoms with Crippen molar-refractivity contribution in [2.24, 2.45) is 0 Å². The molecule has 2 aromatic carbocycles. The Bertz CT molecular complexity index is 1350. The van der Waals surface area contributed by atoms with Gasteiger partial charge in [-0.15, -0.1) is 0 Å². The number of rotatable bonds is 8. The van der Waals surface area contributed by atoms with Crippen LogP contribution in [0.5, 0.6) is 0 Å². The topological polar surface area (TPSA) is 111 Å².